The van der Waals surface area contributed by atoms with Gasteiger partial charge in [-0.2, -0.15) is 0 Å². The van der Waals surface area contributed by atoms with E-state index in [-0.39, 0.29) is 18.1 Å². The van der Waals surface area contributed by atoms with Crippen molar-refractivity contribution in [3.05, 3.63) is 34.4 Å². The SMILES string of the molecule is CN(CC(=O)NCCNC1CCCCCC1)c1ccccc1[N+](=O)[O-]. The van der Waals surface area contributed by atoms with Crippen LogP contribution in [0.4, 0.5) is 11.4 Å². The number of likely N-dealkylation sites (N-methyl/N-ethyl adjacent to an activating group) is 1. The molecule has 2 rings (SSSR count). The molecule has 1 aliphatic rings. The number of nitro groups is 1. The van der Waals surface area contributed by atoms with Crippen LogP contribution >= 0.6 is 0 Å². The van der Waals surface area contributed by atoms with Gasteiger partial charge in [0.25, 0.3) is 5.69 Å². The van der Waals surface area contributed by atoms with E-state index in [0.29, 0.717) is 18.3 Å². The number of benzene rings is 1. The predicted molar refractivity (Wildman–Crippen MR) is 98.9 cm³/mol. The number of hydrogen-bond acceptors (Lipinski definition) is 5. The van der Waals surface area contributed by atoms with Crippen molar-refractivity contribution in [3.63, 3.8) is 0 Å². The molecule has 0 spiro atoms. The molecule has 1 aromatic carbocycles. The Morgan fingerprint density at radius 3 is 2.56 bits per heavy atom. The molecule has 0 aliphatic heterocycles. The Labute approximate surface area is 148 Å². The third-order valence-corrected chi connectivity index (χ3v) is 4.61. The molecule has 1 aliphatic carbocycles. The molecule has 0 aromatic heterocycles. The molecule has 0 heterocycles. The fourth-order valence-electron chi connectivity index (χ4n) is 3.26. The molecular formula is C18H28N4O3. The van der Waals surface area contributed by atoms with E-state index in [1.54, 1.807) is 30.1 Å². The molecule has 1 aromatic rings. The van der Waals surface area contributed by atoms with Gasteiger partial charge in [0.2, 0.25) is 5.91 Å². The molecule has 2 N–H and O–H groups in total. The van der Waals surface area contributed by atoms with Crippen molar-refractivity contribution < 1.29 is 9.72 Å². The van der Waals surface area contributed by atoms with Crippen molar-refractivity contribution in [2.45, 2.75) is 44.6 Å². The Bertz CT molecular complexity index is 571. The smallest absolute Gasteiger partial charge is 0.292 e. The lowest BCUT2D eigenvalue weighted by molar-refractivity contribution is -0.384. The summed E-state index contributed by atoms with van der Waals surface area (Å²) in [5.74, 6) is -0.136. The number of carbonyl (C=O) groups excluding carboxylic acids is 1. The highest BCUT2D eigenvalue weighted by Crippen LogP contribution is 2.26. The highest BCUT2D eigenvalue weighted by molar-refractivity contribution is 5.82. The largest absolute Gasteiger partial charge is 0.360 e. The lowest BCUT2D eigenvalue weighted by Crippen LogP contribution is -2.40. The van der Waals surface area contributed by atoms with Crippen LogP contribution in [0, 0.1) is 10.1 Å². The van der Waals surface area contributed by atoms with E-state index in [4.69, 9.17) is 0 Å². The fourth-order valence-corrected chi connectivity index (χ4v) is 3.26. The molecule has 0 bridgehead atoms. The van der Waals surface area contributed by atoms with Crippen molar-refractivity contribution in [2.75, 3.05) is 31.6 Å². The first-order valence-electron chi connectivity index (χ1n) is 9.02. The summed E-state index contributed by atoms with van der Waals surface area (Å²) in [5, 5.41) is 17.5. The van der Waals surface area contributed by atoms with Crippen LogP contribution in [0.5, 0.6) is 0 Å². The zero-order chi connectivity index (χ0) is 18.1. The highest BCUT2D eigenvalue weighted by atomic mass is 16.6. The van der Waals surface area contributed by atoms with Gasteiger partial charge in [-0.25, -0.2) is 0 Å². The van der Waals surface area contributed by atoms with Gasteiger partial charge in [0.15, 0.2) is 0 Å². The molecule has 25 heavy (non-hydrogen) atoms. The third kappa shape index (κ3) is 6.34. The van der Waals surface area contributed by atoms with Gasteiger partial charge in [0.05, 0.1) is 11.5 Å². The summed E-state index contributed by atoms with van der Waals surface area (Å²) in [7, 11) is 1.69. The zero-order valence-corrected chi connectivity index (χ0v) is 14.9. The minimum absolute atomic E-state index is 0.00725. The number of nitrogens with zero attached hydrogens (tertiary/aromatic N) is 2. The molecule has 0 radical (unpaired) electrons. The number of nitro benzene ring substituents is 1. The summed E-state index contributed by atoms with van der Waals surface area (Å²) >= 11 is 0. The van der Waals surface area contributed by atoms with Crippen LogP contribution in [0.3, 0.4) is 0 Å². The lowest BCUT2D eigenvalue weighted by Gasteiger charge is -2.19. The number of anilines is 1. The van der Waals surface area contributed by atoms with Gasteiger partial charge >= 0.3 is 0 Å². The van der Waals surface area contributed by atoms with Crippen LogP contribution in [0.2, 0.25) is 0 Å². The summed E-state index contributed by atoms with van der Waals surface area (Å²) < 4.78 is 0. The molecule has 138 valence electrons. The van der Waals surface area contributed by atoms with Gasteiger partial charge in [-0.1, -0.05) is 37.8 Å². The normalized spacial score (nSPS) is 15.4. The Kier molecular flexibility index (Phi) is 7.66. The van der Waals surface area contributed by atoms with Gasteiger partial charge in [-0.3, -0.25) is 14.9 Å². The molecule has 7 nitrogen and oxygen atoms in total. The Balaban J connectivity index is 1.72. The first-order valence-corrected chi connectivity index (χ1v) is 9.02. The minimum atomic E-state index is -0.430. The maximum Gasteiger partial charge on any atom is 0.292 e. The molecule has 1 amide bonds. The number of hydrogen-bond donors (Lipinski definition) is 2. The third-order valence-electron chi connectivity index (χ3n) is 4.61. The van der Waals surface area contributed by atoms with Gasteiger partial charge in [0.1, 0.15) is 5.69 Å². The van der Waals surface area contributed by atoms with E-state index < -0.39 is 4.92 Å². The Morgan fingerprint density at radius 1 is 1.20 bits per heavy atom. The van der Waals surface area contributed by atoms with Crippen molar-refractivity contribution in [2.24, 2.45) is 0 Å². The van der Waals surface area contributed by atoms with Gasteiger partial charge in [-0.05, 0) is 18.9 Å². The monoisotopic (exact) mass is 348 g/mol. The van der Waals surface area contributed by atoms with Crippen molar-refractivity contribution >= 4 is 17.3 Å². The summed E-state index contributed by atoms with van der Waals surface area (Å²) in [6.45, 7) is 1.42. The fraction of sp³-hybridized carbons (Fsp3) is 0.611. The zero-order valence-electron chi connectivity index (χ0n) is 14.9. The predicted octanol–water partition coefficient (Wildman–Crippen LogP) is 2.46. The molecule has 0 unspecified atom stereocenters. The minimum Gasteiger partial charge on any atom is -0.360 e. The molecule has 1 saturated carbocycles. The van der Waals surface area contributed by atoms with E-state index in [1.165, 1.54) is 44.6 Å². The number of carbonyl (C=O) groups is 1. The second kappa shape index (κ2) is 9.98. The molecular weight excluding hydrogens is 320 g/mol. The van der Waals surface area contributed by atoms with E-state index >= 15 is 0 Å². The number of nitrogens with one attached hydrogen (secondary N) is 2. The number of amides is 1. The molecule has 1 fully saturated rings. The van der Waals surface area contributed by atoms with Crippen molar-refractivity contribution in [1.82, 2.24) is 10.6 Å². The summed E-state index contributed by atoms with van der Waals surface area (Å²) in [5.41, 5.74) is 0.451. The van der Waals surface area contributed by atoms with Crippen LogP contribution in [0.15, 0.2) is 24.3 Å². The first kappa shape index (κ1) is 19.2. The van der Waals surface area contributed by atoms with Crippen LogP contribution in [0.25, 0.3) is 0 Å². The van der Waals surface area contributed by atoms with Gasteiger partial charge in [-0.15, -0.1) is 0 Å². The van der Waals surface area contributed by atoms with Crippen LogP contribution in [-0.4, -0.2) is 43.6 Å². The second-order valence-electron chi connectivity index (χ2n) is 6.59. The summed E-state index contributed by atoms with van der Waals surface area (Å²) in [6, 6.07) is 7.01. The lowest BCUT2D eigenvalue weighted by atomic mass is 10.1. The maximum atomic E-state index is 12.1. The quantitative estimate of drug-likeness (QED) is 0.326. The van der Waals surface area contributed by atoms with E-state index in [2.05, 4.69) is 10.6 Å². The molecule has 7 heteroatoms. The number of rotatable bonds is 8. The first-order chi connectivity index (χ1) is 12.1. The molecule has 0 saturated heterocycles. The van der Waals surface area contributed by atoms with E-state index in [9.17, 15) is 14.9 Å². The average Bonchev–Trinajstić information content (AvgIpc) is 2.87. The maximum absolute atomic E-state index is 12.1. The van der Waals surface area contributed by atoms with E-state index in [1.807, 2.05) is 0 Å². The topological polar surface area (TPSA) is 87.5 Å². The van der Waals surface area contributed by atoms with Crippen LogP contribution < -0.4 is 15.5 Å². The number of para-hydroxylation sites is 2. The summed E-state index contributed by atoms with van der Waals surface area (Å²) in [6.07, 6.45) is 7.65. The van der Waals surface area contributed by atoms with Crippen molar-refractivity contribution in [3.8, 4) is 0 Å². The van der Waals surface area contributed by atoms with E-state index in [0.717, 1.165) is 6.54 Å². The Morgan fingerprint density at radius 2 is 1.88 bits per heavy atom. The van der Waals surface area contributed by atoms with Crippen LogP contribution in [0.1, 0.15) is 38.5 Å². The summed E-state index contributed by atoms with van der Waals surface area (Å²) in [4.78, 5) is 24.3. The molecule has 0 atom stereocenters. The second-order valence-corrected chi connectivity index (χ2v) is 6.59. The van der Waals surface area contributed by atoms with Gasteiger partial charge < -0.3 is 15.5 Å². The van der Waals surface area contributed by atoms with Gasteiger partial charge in [0, 0.05) is 32.2 Å². The standard InChI is InChI=1S/C18H28N4O3/c1-21(16-10-6-7-11-17(16)22(24)25)14-18(23)20-13-12-19-15-8-4-2-3-5-9-15/h6-7,10-11,15,19H,2-5,8-9,12-14H2,1H3,(H,20,23). The van der Waals surface area contributed by atoms with Crippen LogP contribution in [-0.2, 0) is 4.79 Å². The highest BCUT2D eigenvalue weighted by Gasteiger charge is 2.17. The average molecular weight is 348 g/mol. The van der Waals surface area contributed by atoms with Crippen molar-refractivity contribution in [1.29, 1.82) is 0 Å². The Hall–Kier alpha value is -2.15.